The predicted molar refractivity (Wildman–Crippen MR) is 75.6 cm³/mol. The van der Waals surface area contributed by atoms with Crippen molar-refractivity contribution in [3.8, 4) is 17.2 Å². The van der Waals surface area contributed by atoms with Crippen LogP contribution in [0.3, 0.4) is 0 Å². The highest BCUT2D eigenvalue weighted by Crippen LogP contribution is 2.17. The topological polar surface area (TPSA) is 105 Å². The predicted octanol–water partition coefficient (Wildman–Crippen LogP) is 1.30. The molecule has 7 nitrogen and oxygen atoms in total. The van der Waals surface area contributed by atoms with Gasteiger partial charge in [-0.25, -0.2) is 4.21 Å². The lowest BCUT2D eigenvalue weighted by molar-refractivity contribution is 0.295. The van der Waals surface area contributed by atoms with E-state index in [2.05, 4.69) is 0 Å². The van der Waals surface area contributed by atoms with E-state index in [0.29, 0.717) is 0 Å². The zero-order valence-electron chi connectivity index (χ0n) is 10.5. The molecule has 3 N–H and O–H groups in total. The largest absolute Gasteiger partial charge is 0.508 e. The fourth-order valence-electron chi connectivity index (χ4n) is 1.27. The van der Waals surface area contributed by atoms with Gasteiger partial charge in [-0.3, -0.25) is 0 Å². The van der Waals surface area contributed by atoms with Crippen LogP contribution in [-0.4, -0.2) is 18.6 Å². The number of hydrogen-bond donors (Lipinski definition) is 3. The van der Waals surface area contributed by atoms with Gasteiger partial charge >= 0.3 is 11.3 Å². The molecular weight excluding hydrogens is 318 g/mol. The highest BCUT2D eigenvalue weighted by molar-refractivity contribution is 7.82. The summed E-state index contributed by atoms with van der Waals surface area (Å²) in [5, 5.41) is 18.2. The first-order valence-electron chi connectivity index (χ1n) is 5.57. The van der Waals surface area contributed by atoms with E-state index in [-0.39, 0.29) is 22.1 Å². The summed E-state index contributed by atoms with van der Waals surface area (Å²) in [4.78, 5) is 2.26. The van der Waals surface area contributed by atoms with Crippen LogP contribution in [0, 0.1) is 0 Å². The van der Waals surface area contributed by atoms with E-state index in [9.17, 15) is 8.42 Å². The summed E-state index contributed by atoms with van der Waals surface area (Å²) in [5.74, 6) is 0.311. The Balaban J connectivity index is 1.84. The molecule has 2 rings (SSSR count). The van der Waals surface area contributed by atoms with Crippen molar-refractivity contribution in [2.24, 2.45) is 0 Å². The summed E-state index contributed by atoms with van der Waals surface area (Å²) in [6.45, 7) is 0. The van der Waals surface area contributed by atoms with Gasteiger partial charge in [-0.15, -0.1) is 0 Å². The molecule has 0 saturated carbocycles. The average molecular weight is 329 g/mol. The maximum Gasteiger partial charge on any atom is 0.313 e. The second kappa shape index (κ2) is 7.18. The molecule has 0 fully saturated rings. The Kier molecular flexibility index (Phi) is 5.28. The van der Waals surface area contributed by atoms with E-state index in [0.717, 1.165) is 0 Å². The lowest BCUT2D eigenvalue weighted by atomic mass is 10.3. The minimum absolute atomic E-state index is 0.0305. The summed E-state index contributed by atoms with van der Waals surface area (Å²) in [6.07, 6.45) is 0. The van der Waals surface area contributed by atoms with Gasteiger partial charge in [0.2, 0.25) is 11.1 Å². The Morgan fingerprint density at radius 2 is 1.38 bits per heavy atom. The highest BCUT2D eigenvalue weighted by Gasteiger charge is 2.09. The first-order chi connectivity index (χ1) is 10.0. The van der Waals surface area contributed by atoms with Crippen LogP contribution < -0.4 is 9.07 Å². The minimum Gasteiger partial charge on any atom is -0.508 e. The molecule has 2 aromatic rings. The maximum atomic E-state index is 11.7. The lowest BCUT2D eigenvalue weighted by Gasteiger charge is -2.06. The molecule has 2 unspecified atom stereocenters. The van der Waals surface area contributed by atoms with Gasteiger partial charge in [-0.1, -0.05) is 4.89 Å². The molecule has 0 saturated heterocycles. The van der Waals surface area contributed by atoms with Crippen LogP contribution in [0.15, 0.2) is 53.4 Å². The molecule has 0 aliphatic carbocycles. The smallest absolute Gasteiger partial charge is 0.313 e. The van der Waals surface area contributed by atoms with Gasteiger partial charge in [0, 0.05) is 0 Å². The molecular formula is C12H11NO6S2. The molecule has 0 aliphatic rings. The van der Waals surface area contributed by atoms with Crippen LogP contribution in [0.5, 0.6) is 17.2 Å². The molecule has 0 heterocycles. The van der Waals surface area contributed by atoms with E-state index in [1.165, 1.54) is 48.5 Å². The highest BCUT2D eigenvalue weighted by atomic mass is 32.2. The Bertz CT molecular complexity index is 644. The van der Waals surface area contributed by atoms with E-state index in [4.69, 9.17) is 18.7 Å². The number of phenolic OH excluding ortho intramolecular Hbond substituents is 2. The minimum atomic E-state index is -2.07. The number of phenols is 2. The van der Waals surface area contributed by atoms with Gasteiger partial charge in [-0.2, -0.15) is 8.49 Å². The lowest BCUT2D eigenvalue weighted by Crippen LogP contribution is -2.23. The molecule has 0 aliphatic heterocycles. The van der Waals surface area contributed by atoms with Crippen LogP contribution in [0.2, 0.25) is 0 Å². The number of aromatic hydroxyl groups is 2. The van der Waals surface area contributed by atoms with Crippen LogP contribution in [0.25, 0.3) is 0 Å². The van der Waals surface area contributed by atoms with Crippen molar-refractivity contribution in [3.05, 3.63) is 48.5 Å². The second-order valence-electron chi connectivity index (χ2n) is 3.71. The Hall–Kier alpha value is -1.94. The third-order valence-electron chi connectivity index (χ3n) is 2.22. The van der Waals surface area contributed by atoms with Gasteiger partial charge in [-0.05, 0) is 48.5 Å². The van der Waals surface area contributed by atoms with Crippen LogP contribution in [-0.2, 0) is 26.6 Å². The summed E-state index contributed by atoms with van der Waals surface area (Å²) in [5.41, 5.74) is 0. The maximum absolute atomic E-state index is 11.7. The fourth-order valence-corrected chi connectivity index (χ4v) is 2.51. The van der Waals surface area contributed by atoms with E-state index < -0.39 is 22.3 Å². The summed E-state index contributed by atoms with van der Waals surface area (Å²) in [7, 11) is 0. The van der Waals surface area contributed by atoms with Crippen LogP contribution in [0.1, 0.15) is 0 Å². The van der Waals surface area contributed by atoms with E-state index in [1.54, 1.807) is 0 Å². The summed E-state index contributed by atoms with van der Waals surface area (Å²) in [6, 6.07) is 11.0. The van der Waals surface area contributed by atoms with Crippen molar-refractivity contribution in [1.82, 2.24) is 4.89 Å². The van der Waals surface area contributed by atoms with Crippen molar-refractivity contribution in [2.45, 2.75) is 4.90 Å². The first-order valence-corrected chi connectivity index (χ1v) is 7.72. The molecule has 21 heavy (non-hydrogen) atoms. The Morgan fingerprint density at radius 1 is 0.857 bits per heavy atom. The SMILES string of the molecule is O=S(NOS(=O)c1ccc(O)cc1)Oc1ccc(O)cc1. The van der Waals surface area contributed by atoms with Crippen molar-refractivity contribution < 1.29 is 27.1 Å². The number of hydrogen-bond acceptors (Lipinski definition) is 6. The van der Waals surface area contributed by atoms with Gasteiger partial charge in [0.25, 0.3) is 0 Å². The number of benzene rings is 2. The second-order valence-corrected chi connectivity index (χ2v) is 5.62. The van der Waals surface area contributed by atoms with Crippen molar-refractivity contribution in [3.63, 3.8) is 0 Å². The molecule has 0 spiro atoms. The molecule has 2 aromatic carbocycles. The molecule has 0 radical (unpaired) electrons. The summed E-state index contributed by atoms with van der Waals surface area (Å²) < 4.78 is 32.8. The van der Waals surface area contributed by atoms with Crippen molar-refractivity contribution in [1.29, 1.82) is 0 Å². The Labute approximate surface area is 125 Å². The van der Waals surface area contributed by atoms with Crippen LogP contribution in [0.4, 0.5) is 0 Å². The molecule has 2 atom stereocenters. The third kappa shape index (κ3) is 4.83. The molecule has 112 valence electrons. The molecule has 0 aromatic heterocycles. The monoisotopic (exact) mass is 329 g/mol. The van der Waals surface area contributed by atoms with Crippen molar-refractivity contribution >= 4 is 22.3 Å². The van der Waals surface area contributed by atoms with E-state index >= 15 is 0 Å². The number of rotatable bonds is 6. The molecule has 0 bridgehead atoms. The normalized spacial score (nSPS) is 13.5. The third-order valence-corrected chi connectivity index (χ3v) is 3.78. The standard InChI is InChI=1S/C12H11NO6S2/c14-9-1-5-11(6-2-9)18-21(17)13-19-20(16)12-7-3-10(15)4-8-12/h1-8,13-15H. The summed E-state index contributed by atoms with van der Waals surface area (Å²) >= 11 is -3.98. The van der Waals surface area contributed by atoms with Crippen molar-refractivity contribution in [2.75, 3.05) is 0 Å². The Morgan fingerprint density at radius 3 is 1.95 bits per heavy atom. The molecule has 0 amide bonds. The van der Waals surface area contributed by atoms with Gasteiger partial charge in [0.05, 0.1) is 4.90 Å². The molecule has 9 heteroatoms. The number of nitrogens with one attached hydrogen (secondary N) is 1. The zero-order chi connectivity index (χ0) is 15.2. The van der Waals surface area contributed by atoms with Gasteiger partial charge < -0.3 is 14.4 Å². The quantitative estimate of drug-likeness (QED) is 0.690. The van der Waals surface area contributed by atoms with Crippen LogP contribution >= 0.6 is 0 Å². The average Bonchev–Trinajstić information content (AvgIpc) is 2.48. The fraction of sp³-hybridized carbons (Fsp3) is 0. The first kappa shape index (κ1) is 15.4. The van der Waals surface area contributed by atoms with Gasteiger partial charge in [0.1, 0.15) is 17.2 Å². The van der Waals surface area contributed by atoms with Gasteiger partial charge in [0.15, 0.2) is 0 Å². The zero-order valence-corrected chi connectivity index (χ0v) is 12.1. The van der Waals surface area contributed by atoms with E-state index in [1.807, 2.05) is 4.89 Å².